The highest BCUT2D eigenvalue weighted by atomic mass is 79.9. The van der Waals surface area contributed by atoms with Crippen LogP contribution in [0.4, 0.5) is 8.78 Å². The molecule has 0 atom stereocenters. The van der Waals surface area contributed by atoms with E-state index in [9.17, 15) is 8.78 Å². The number of alkyl halides is 2. The van der Waals surface area contributed by atoms with Gasteiger partial charge in [-0.3, -0.25) is 0 Å². The van der Waals surface area contributed by atoms with Crippen LogP contribution in [0, 0.1) is 0 Å². The van der Waals surface area contributed by atoms with Gasteiger partial charge in [0.15, 0.2) is 5.82 Å². The molecule has 116 valence electrons. The topological polar surface area (TPSA) is 39.9 Å². The largest absolute Gasteiger partial charge is 0.429 e. The van der Waals surface area contributed by atoms with E-state index in [1.54, 1.807) is 16.8 Å². The third kappa shape index (κ3) is 3.78. The first-order chi connectivity index (χ1) is 10.4. The van der Waals surface area contributed by atoms with Gasteiger partial charge in [0, 0.05) is 11.4 Å². The van der Waals surface area contributed by atoms with Crippen LogP contribution >= 0.6 is 24.1 Å². The number of rotatable bonds is 5. The van der Waals surface area contributed by atoms with Gasteiger partial charge in [-0.05, 0) is 53.8 Å². The molecule has 1 aromatic carbocycles. The van der Waals surface area contributed by atoms with E-state index < -0.39 is 6.11 Å². The minimum Gasteiger partial charge on any atom is -0.429 e. The van der Waals surface area contributed by atoms with Gasteiger partial charge in [0.25, 0.3) is 0 Å². The fraction of sp³-hybridized carbons (Fsp3) is 0.214. The summed E-state index contributed by atoms with van der Waals surface area (Å²) in [5.74, 6) is 0.754. The molecule has 0 aliphatic rings. The average Bonchev–Trinajstić information content (AvgIpc) is 2.89. The minimum absolute atomic E-state index is 0.0451. The molecule has 0 N–H and O–H groups in total. The third-order valence-electron chi connectivity index (χ3n) is 2.81. The molecule has 2 rings (SSSR count). The fourth-order valence-corrected chi connectivity index (χ4v) is 2.33. The van der Waals surface area contributed by atoms with Crippen LogP contribution in [0.15, 0.2) is 41.7 Å². The van der Waals surface area contributed by atoms with Crippen molar-refractivity contribution in [2.45, 2.75) is 13.0 Å². The van der Waals surface area contributed by atoms with E-state index in [2.05, 4.69) is 37.3 Å². The lowest BCUT2D eigenvalue weighted by Gasteiger charge is -2.14. The molecule has 0 unspecified atom stereocenters. The minimum atomic E-state index is -3.39. The number of hydrogen-bond acceptors (Lipinski definition) is 3. The van der Waals surface area contributed by atoms with Gasteiger partial charge in [-0.25, -0.2) is 9.67 Å². The molecule has 0 amide bonds. The van der Waals surface area contributed by atoms with Crippen LogP contribution in [-0.4, -0.2) is 32.8 Å². The Labute approximate surface area is 136 Å². The Morgan fingerprint density at radius 2 is 2.05 bits per heavy atom. The van der Waals surface area contributed by atoms with E-state index in [1.807, 2.05) is 13.6 Å². The summed E-state index contributed by atoms with van der Waals surface area (Å²) in [5, 5.41) is 5.30. The van der Waals surface area contributed by atoms with Crippen LogP contribution in [0.1, 0.15) is 12.7 Å². The van der Waals surface area contributed by atoms with E-state index in [0.29, 0.717) is 22.3 Å². The second kappa shape index (κ2) is 6.67. The molecule has 8 heteroatoms. The molecule has 1 heterocycles. The second-order valence-corrected chi connectivity index (χ2v) is 6.11. The second-order valence-electron chi connectivity index (χ2n) is 4.29. The zero-order valence-corrected chi connectivity index (χ0v) is 14.4. The maximum Gasteiger partial charge on any atom is 0.419 e. The molecule has 0 aliphatic carbocycles. The highest BCUT2D eigenvalue weighted by molar-refractivity contribution is 9.10. The van der Waals surface area contributed by atoms with Gasteiger partial charge >= 0.3 is 6.11 Å². The SMILES string of the molecule is C=CC(F)(F)Oc1ccc(-n2nc(Br)nc2C(C)=PC)cc1. The molecule has 0 saturated heterocycles. The highest BCUT2D eigenvalue weighted by Crippen LogP contribution is 2.24. The van der Waals surface area contributed by atoms with E-state index in [0.717, 1.165) is 13.5 Å². The van der Waals surface area contributed by atoms with Crippen molar-refractivity contribution in [2.75, 3.05) is 6.66 Å². The van der Waals surface area contributed by atoms with Gasteiger partial charge in [-0.2, -0.15) is 8.78 Å². The molecule has 0 saturated carbocycles. The summed E-state index contributed by atoms with van der Waals surface area (Å²) in [4.78, 5) is 4.31. The van der Waals surface area contributed by atoms with Crippen LogP contribution in [0.2, 0.25) is 0 Å². The predicted octanol–water partition coefficient (Wildman–Crippen LogP) is 4.30. The van der Waals surface area contributed by atoms with Crippen LogP contribution in [0.5, 0.6) is 5.75 Å². The van der Waals surface area contributed by atoms with E-state index >= 15 is 0 Å². The Bertz CT molecular complexity index is 713. The molecule has 4 nitrogen and oxygen atoms in total. The number of hydrogen-bond donors (Lipinski definition) is 0. The van der Waals surface area contributed by atoms with E-state index in [-0.39, 0.29) is 5.75 Å². The molecule has 0 bridgehead atoms. The zero-order chi connectivity index (χ0) is 16.3. The summed E-state index contributed by atoms with van der Waals surface area (Å²) in [6, 6.07) is 6.17. The molecule has 1 aromatic heterocycles. The number of aromatic nitrogens is 3. The Morgan fingerprint density at radius 1 is 1.41 bits per heavy atom. The van der Waals surface area contributed by atoms with Crippen LogP contribution in [-0.2, 0) is 0 Å². The molecule has 0 spiro atoms. The van der Waals surface area contributed by atoms with Crippen molar-refractivity contribution in [3.63, 3.8) is 0 Å². The average molecular weight is 388 g/mol. The smallest absolute Gasteiger partial charge is 0.419 e. The lowest BCUT2D eigenvalue weighted by Crippen LogP contribution is -2.20. The van der Waals surface area contributed by atoms with Crippen LogP contribution in [0.25, 0.3) is 5.69 Å². The number of halogens is 3. The van der Waals surface area contributed by atoms with Crippen LogP contribution < -0.4 is 4.74 Å². The molecule has 0 radical (unpaired) electrons. The summed E-state index contributed by atoms with van der Waals surface area (Å²) >= 11 is 3.25. The first-order valence-corrected chi connectivity index (χ1v) is 8.37. The van der Waals surface area contributed by atoms with Crippen molar-refractivity contribution in [1.29, 1.82) is 0 Å². The normalized spacial score (nSPS) is 12.3. The lowest BCUT2D eigenvalue weighted by molar-refractivity contribution is -0.131. The summed E-state index contributed by atoms with van der Waals surface area (Å²) in [5.41, 5.74) is 0.700. The van der Waals surface area contributed by atoms with E-state index in [4.69, 9.17) is 0 Å². The molecule has 0 fully saturated rings. The van der Waals surface area contributed by atoms with Crippen molar-refractivity contribution in [1.82, 2.24) is 14.8 Å². The van der Waals surface area contributed by atoms with Gasteiger partial charge in [0.05, 0.1) is 5.69 Å². The quantitative estimate of drug-likeness (QED) is 0.567. The Kier molecular flexibility index (Phi) is 5.08. The molecular formula is C14H13BrF2N3OP. The molecule has 22 heavy (non-hydrogen) atoms. The van der Waals surface area contributed by atoms with Gasteiger partial charge in [0.2, 0.25) is 4.73 Å². The van der Waals surface area contributed by atoms with E-state index in [1.165, 1.54) is 12.1 Å². The van der Waals surface area contributed by atoms with Gasteiger partial charge in [-0.15, -0.1) is 13.3 Å². The molecular weight excluding hydrogens is 375 g/mol. The number of benzene rings is 1. The Hall–Kier alpha value is -1.59. The third-order valence-corrected chi connectivity index (χ3v) is 4.02. The first kappa shape index (κ1) is 16.8. The van der Waals surface area contributed by atoms with Crippen molar-refractivity contribution >= 4 is 29.4 Å². The number of ether oxygens (including phenoxy) is 1. The van der Waals surface area contributed by atoms with Gasteiger partial charge < -0.3 is 4.74 Å². The van der Waals surface area contributed by atoms with Gasteiger partial charge in [0.1, 0.15) is 5.75 Å². The monoisotopic (exact) mass is 387 g/mol. The van der Waals surface area contributed by atoms with Crippen molar-refractivity contribution in [2.24, 2.45) is 0 Å². The molecule has 2 aromatic rings. The maximum absolute atomic E-state index is 13.1. The summed E-state index contributed by atoms with van der Waals surface area (Å²) in [6.07, 6.45) is -2.94. The summed E-state index contributed by atoms with van der Waals surface area (Å²) in [6.45, 7) is 6.98. The first-order valence-electron chi connectivity index (χ1n) is 6.23. The summed E-state index contributed by atoms with van der Waals surface area (Å²) < 4.78 is 32.8. The van der Waals surface area contributed by atoms with Crippen molar-refractivity contribution in [3.05, 3.63) is 47.5 Å². The standard InChI is InChI=1S/C14H13BrF2N3OP/c1-4-14(16,17)21-11-7-5-10(6-8-11)20-12(9(2)22-3)18-13(15)19-20/h4-8H,1H2,2-3H3. The number of nitrogens with zero attached hydrogens (tertiary/aromatic N) is 3. The van der Waals surface area contributed by atoms with Crippen molar-refractivity contribution in [3.8, 4) is 11.4 Å². The summed E-state index contributed by atoms with van der Waals surface area (Å²) in [7, 11) is 1.07. The maximum atomic E-state index is 13.1. The Balaban J connectivity index is 2.34. The zero-order valence-electron chi connectivity index (χ0n) is 11.9. The highest BCUT2D eigenvalue weighted by Gasteiger charge is 2.26. The predicted molar refractivity (Wildman–Crippen MR) is 87.5 cm³/mol. The Morgan fingerprint density at radius 3 is 2.59 bits per heavy atom. The van der Waals surface area contributed by atoms with Crippen LogP contribution in [0.3, 0.4) is 0 Å². The molecule has 0 aliphatic heterocycles. The van der Waals surface area contributed by atoms with Crippen molar-refractivity contribution < 1.29 is 13.5 Å². The fourth-order valence-electron chi connectivity index (χ4n) is 1.66. The lowest BCUT2D eigenvalue weighted by atomic mass is 10.3. The van der Waals surface area contributed by atoms with Gasteiger partial charge in [-0.1, -0.05) is 6.58 Å².